The number of benzene rings is 1. The van der Waals surface area contributed by atoms with Gasteiger partial charge in [0.2, 0.25) is 5.91 Å². The van der Waals surface area contributed by atoms with Gasteiger partial charge in [-0.05, 0) is 59.5 Å². The van der Waals surface area contributed by atoms with Gasteiger partial charge in [-0.3, -0.25) is 4.79 Å². The first-order valence-corrected chi connectivity index (χ1v) is 11.4. The number of aryl methyl sites for hydroxylation is 1. The van der Waals surface area contributed by atoms with Gasteiger partial charge in [0.15, 0.2) is 9.84 Å². The van der Waals surface area contributed by atoms with E-state index >= 15 is 0 Å². The molecule has 0 aliphatic carbocycles. The van der Waals surface area contributed by atoms with Gasteiger partial charge in [-0.1, -0.05) is 30.3 Å². The molecule has 4 nitrogen and oxygen atoms in total. The lowest BCUT2D eigenvalue weighted by atomic mass is 10.1. The molecule has 0 aliphatic rings. The lowest BCUT2D eigenvalue weighted by molar-refractivity contribution is -0.118. The molecule has 1 amide bonds. The second kappa shape index (κ2) is 9.53. The van der Waals surface area contributed by atoms with Crippen molar-refractivity contribution in [1.29, 1.82) is 0 Å². The summed E-state index contributed by atoms with van der Waals surface area (Å²) in [6.45, 7) is 0.467. The molecule has 24 heavy (non-hydrogen) atoms. The van der Waals surface area contributed by atoms with Crippen LogP contribution >= 0.6 is 33.9 Å². The molecule has 0 bridgehead atoms. The van der Waals surface area contributed by atoms with Crippen molar-refractivity contribution < 1.29 is 13.2 Å². The highest BCUT2D eigenvalue weighted by Gasteiger charge is 2.16. The first kappa shape index (κ1) is 19.4. The zero-order chi connectivity index (χ0) is 17.4. The molecule has 0 saturated carbocycles. The fraction of sp³-hybridized carbons (Fsp3) is 0.353. The number of halogens is 1. The number of sulfone groups is 1. The Balaban J connectivity index is 1.67. The Morgan fingerprint density at radius 3 is 2.50 bits per heavy atom. The van der Waals surface area contributed by atoms with Gasteiger partial charge in [0.05, 0.1) is 8.64 Å². The molecule has 0 atom stereocenters. The maximum Gasteiger partial charge on any atom is 0.235 e. The second-order valence-electron chi connectivity index (χ2n) is 5.49. The minimum Gasteiger partial charge on any atom is -0.355 e. The standard InChI is InChI=1S/C17H20INO3S2/c18-16-9-8-15(23-16)10-11-19-17(20)13-24(21,22)12-4-7-14-5-2-1-3-6-14/h1-3,5-6,8-9H,4,7,10-13H2,(H,19,20). The van der Waals surface area contributed by atoms with Crippen LogP contribution in [0.15, 0.2) is 42.5 Å². The molecule has 130 valence electrons. The van der Waals surface area contributed by atoms with Gasteiger partial charge < -0.3 is 5.32 Å². The zero-order valence-corrected chi connectivity index (χ0v) is 17.0. The molecule has 1 aromatic carbocycles. The van der Waals surface area contributed by atoms with Crippen LogP contribution in [0.1, 0.15) is 16.9 Å². The summed E-state index contributed by atoms with van der Waals surface area (Å²) in [5, 5.41) is 2.69. The smallest absolute Gasteiger partial charge is 0.235 e. The molecule has 0 fully saturated rings. The predicted octanol–water partition coefficient (Wildman–Crippen LogP) is 3.06. The molecular formula is C17H20INO3S2. The number of amides is 1. The largest absolute Gasteiger partial charge is 0.355 e. The third-order valence-electron chi connectivity index (χ3n) is 3.44. The first-order valence-electron chi connectivity index (χ1n) is 7.70. The number of carbonyl (C=O) groups is 1. The number of thiophene rings is 1. The van der Waals surface area contributed by atoms with Crippen molar-refractivity contribution in [2.24, 2.45) is 0 Å². The molecule has 2 aromatic rings. The van der Waals surface area contributed by atoms with Crippen LogP contribution in [-0.4, -0.2) is 32.4 Å². The van der Waals surface area contributed by atoms with Crippen LogP contribution < -0.4 is 5.32 Å². The molecule has 0 radical (unpaired) electrons. The molecule has 1 heterocycles. The molecule has 1 aromatic heterocycles. The summed E-state index contributed by atoms with van der Waals surface area (Å²) in [7, 11) is -3.35. The van der Waals surface area contributed by atoms with Crippen molar-refractivity contribution >= 4 is 49.7 Å². The Kier molecular flexibility index (Phi) is 7.70. The maximum atomic E-state index is 12.0. The highest BCUT2D eigenvalue weighted by Crippen LogP contribution is 2.18. The first-order chi connectivity index (χ1) is 11.4. The highest BCUT2D eigenvalue weighted by atomic mass is 127. The Morgan fingerprint density at radius 1 is 1.08 bits per heavy atom. The van der Waals surface area contributed by atoms with Gasteiger partial charge in [-0.15, -0.1) is 11.3 Å². The molecular weight excluding hydrogens is 457 g/mol. The van der Waals surface area contributed by atoms with Gasteiger partial charge in [0.25, 0.3) is 0 Å². The lowest BCUT2D eigenvalue weighted by Crippen LogP contribution is -2.32. The van der Waals surface area contributed by atoms with E-state index in [-0.39, 0.29) is 5.75 Å². The van der Waals surface area contributed by atoms with Gasteiger partial charge in [-0.2, -0.15) is 0 Å². The molecule has 7 heteroatoms. The second-order valence-corrected chi connectivity index (χ2v) is 10.7. The Labute approximate surface area is 160 Å². The van der Waals surface area contributed by atoms with Gasteiger partial charge in [-0.25, -0.2) is 8.42 Å². The van der Waals surface area contributed by atoms with Crippen LogP contribution in [0, 0.1) is 2.88 Å². The van der Waals surface area contributed by atoms with Crippen LogP contribution in [0.3, 0.4) is 0 Å². The number of nitrogens with one attached hydrogen (secondary N) is 1. The van der Waals surface area contributed by atoms with Crippen molar-refractivity contribution in [1.82, 2.24) is 5.32 Å². The van der Waals surface area contributed by atoms with Crippen molar-refractivity contribution in [3.63, 3.8) is 0 Å². The lowest BCUT2D eigenvalue weighted by Gasteiger charge is -2.06. The minimum absolute atomic E-state index is 0.0401. The monoisotopic (exact) mass is 477 g/mol. The van der Waals surface area contributed by atoms with E-state index in [4.69, 9.17) is 0 Å². The van der Waals surface area contributed by atoms with E-state index in [0.29, 0.717) is 19.4 Å². The van der Waals surface area contributed by atoms with E-state index in [9.17, 15) is 13.2 Å². The van der Waals surface area contributed by atoms with Crippen molar-refractivity contribution in [3.8, 4) is 0 Å². The summed E-state index contributed by atoms with van der Waals surface area (Å²) in [5.41, 5.74) is 1.11. The summed E-state index contributed by atoms with van der Waals surface area (Å²) >= 11 is 3.93. The summed E-state index contributed by atoms with van der Waals surface area (Å²) in [6, 6.07) is 13.8. The average Bonchev–Trinajstić information content (AvgIpc) is 2.93. The average molecular weight is 477 g/mol. The third-order valence-corrected chi connectivity index (χ3v) is 7.00. The van der Waals surface area contributed by atoms with Crippen LogP contribution in [0.2, 0.25) is 0 Å². The number of hydrogen-bond acceptors (Lipinski definition) is 4. The molecule has 0 aliphatic heterocycles. The number of carbonyl (C=O) groups excluding carboxylic acids is 1. The summed E-state index contributed by atoms with van der Waals surface area (Å²) in [4.78, 5) is 13.0. The van der Waals surface area contributed by atoms with Crippen molar-refractivity contribution in [2.45, 2.75) is 19.3 Å². The van der Waals surface area contributed by atoms with Gasteiger partial charge in [0.1, 0.15) is 5.75 Å². The molecule has 0 spiro atoms. The number of rotatable bonds is 9. The van der Waals surface area contributed by atoms with Crippen LogP contribution in [0.5, 0.6) is 0 Å². The van der Waals surface area contributed by atoms with Crippen LogP contribution in [0.25, 0.3) is 0 Å². The molecule has 0 saturated heterocycles. The quantitative estimate of drug-likeness (QED) is 0.565. The highest BCUT2D eigenvalue weighted by molar-refractivity contribution is 14.1. The topological polar surface area (TPSA) is 63.2 Å². The summed E-state index contributed by atoms with van der Waals surface area (Å²) < 4.78 is 25.2. The summed E-state index contributed by atoms with van der Waals surface area (Å²) in [5.74, 6) is -0.802. The normalized spacial score (nSPS) is 11.4. The van der Waals surface area contributed by atoms with E-state index in [1.807, 2.05) is 42.5 Å². The van der Waals surface area contributed by atoms with Crippen molar-refractivity contribution in [2.75, 3.05) is 18.1 Å². The Morgan fingerprint density at radius 2 is 1.83 bits per heavy atom. The molecule has 0 unspecified atom stereocenters. The molecule has 1 N–H and O–H groups in total. The maximum absolute atomic E-state index is 12.0. The van der Waals surface area contributed by atoms with E-state index < -0.39 is 21.5 Å². The molecule has 2 rings (SSSR count). The Hall–Kier alpha value is -0.930. The fourth-order valence-electron chi connectivity index (χ4n) is 2.28. The zero-order valence-electron chi connectivity index (χ0n) is 13.2. The van der Waals surface area contributed by atoms with E-state index in [1.54, 1.807) is 11.3 Å². The fourth-order valence-corrected chi connectivity index (χ4v) is 5.26. The summed E-state index contributed by atoms with van der Waals surface area (Å²) in [6.07, 6.45) is 1.97. The Bertz CT molecular complexity index is 757. The predicted molar refractivity (Wildman–Crippen MR) is 107 cm³/mol. The van der Waals surface area contributed by atoms with E-state index in [0.717, 1.165) is 12.0 Å². The van der Waals surface area contributed by atoms with Crippen molar-refractivity contribution in [3.05, 3.63) is 55.8 Å². The van der Waals surface area contributed by atoms with Crippen LogP contribution in [-0.2, 0) is 27.5 Å². The van der Waals surface area contributed by atoms with Gasteiger partial charge in [0, 0.05) is 11.4 Å². The van der Waals surface area contributed by atoms with Crippen LogP contribution in [0.4, 0.5) is 0 Å². The third kappa shape index (κ3) is 7.31. The van der Waals surface area contributed by atoms with Gasteiger partial charge >= 0.3 is 0 Å². The SMILES string of the molecule is O=C(CS(=O)(=O)CCCc1ccccc1)NCCc1ccc(I)s1. The number of hydrogen-bond donors (Lipinski definition) is 1. The minimum atomic E-state index is -3.35. The van der Waals surface area contributed by atoms with E-state index in [2.05, 4.69) is 27.9 Å². The van der Waals surface area contributed by atoms with E-state index in [1.165, 1.54) is 7.76 Å².